The molecule has 0 saturated heterocycles. The van der Waals surface area contributed by atoms with Crippen LogP contribution in [0.5, 0.6) is 0 Å². The van der Waals surface area contributed by atoms with E-state index < -0.39 is 0 Å². The first-order chi connectivity index (χ1) is 12.5. The van der Waals surface area contributed by atoms with Gasteiger partial charge in [0, 0.05) is 16.6 Å². The van der Waals surface area contributed by atoms with Crippen LogP contribution in [0.15, 0.2) is 58.3 Å². The molecule has 0 aliphatic heterocycles. The Morgan fingerprint density at radius 3 is 2.65 bits per heavy atom. The lowest BCUT2D eigenvalue weighted by molar-refractivity contribution is -0.113. The average Bonchev–Trinajstić information content (AvgIpc) is 3.11. The van der Waals surface area contributed by atoms with E-state index in [9.17, 15) is 4.79 Å². The molecule has 0 aliphatic carbocycles. The third-order valence-electron chi connectivity index (χ3n) is 4.07. The van der Waals surface area contributed by atoms with E-state index in [2.05, 4.69) is 30.2 Å². The smallest absolute Gasteiger partial charge is 0.234 e. The first-order valence-electron chi connectivity index (χ1n) is 8.57. The summed E-state index contributed by atoms with van der Waals surface area (Å²) in [5.41, 5.74) is 5.26. The van der Waals surface area contributed by atoms with Crippen LogP contribution >= 0.6 is 23.1 Å². The normalized spacial score (nSPS) is 10.9. The van der Waals surface area contributed by atoms with Crippen molar-refractivity contribution in [3.8, 4) is 11.3 Å². The lowest BCUT2D eigenvalue weighted by Crippen LogP contribution is -2.16. The molecule has 0 saturated carbocycles. The fourth-order valence-corrected chi connectivity index (χ4v) is 4.35. The monoisotopic (exact) mass is 382 g/mol. The van der Waals surface area contributed by atoms with Crippen LogP contribution in [0.4, 0.5) is 5.69 Å². The number of hydrogen-bond acceptors (Lipinski definition) is 4. The van der Waals surface area contributed by atoms with Crippen molar-refractivity contribution in [2.45, 2.75) is 31.0 Å². The Morgan fingerprint density at radius 1 is 1.15 bits per heavy atom. The van der Waals surface area contributed by atoms with Crippen molar-refractivity contribution < 1.29 is 4.79 Å². The van der Waals surface area contributed by atoms with Crippen molar-refractivity contribution in [1.29, 1.82) is 0 Å². The van der Waals surface area contributed by atoms with E-state index in [1.165, 1.54) is 17.3 Å². The van der Waals surface area contributed by atoms with Crippen molar-refractivity contribution in [2.75, 3.05) is 11.1 Å². The van der Waals surface area contributed by atoms with Crippen LogP contribution in [0.2, 0.25) is 0 Å². The summed E-state index contributed by atoms with van der Waals surface area (Å²) in [5, 5.41) is 5.12. The molecule has 2 aromatic carbocycles. The largest absolute Gasteiger partial charge is 0.325 e. The summed E-state index contributed by atoms with van der Waals surface area (Å²) in [5.74, 6) is 0.723. The van der Waals surface area contributed by atoms with Crippen LogP contribution in [0.25, 0.3) is 11.3 Å². The minimum atomic E-state index is 0.00246. The van der Waals surface area contributed by atoms with Crippen LogP contribution in [-0.4, -0.2) is 16.6 Å². The Hall–Kier alpha value is -2.11. The maximum Gasteiger partial charge on any atom is 0.234 e. The van der Waals surface area contributed by atoms with E-state index in [4.69, 9.17) is 0 Å². The van der Waals surface area contributed by atoms with E-state index in [1.807, 2.05) is 54.8 Å². The van der Waals surface area contributed by atoms with E-state index in [1.54, 1.807) is 11.3 Å². The number of benzene rings is 2. The molecule has 1 heterocycles. The quantitative estimate of drug-likeness (QED) is 0.534. The molecular formula is C21H22N2OS2. The van der Waals surface area contributed by atoms with Gasteiger partial charge in [0.15, 0.2) is 4.34 Å². The summed E-state index contributed by atoms with van der Waals surface area (Å²) in [6.45, 7) is 6.31. The molecule has 0 radical (unpaired) electrons. The van der Waals surface area contributed by atoms with Crippen molar-refractivity contribution in [3.63, 3.8) is 0 Å². The highest BCUT2D eigenvalue weighted by atomic mass is 32.2. The predicted octanol–water partition coefficient (Wildman–Crippen LogP) is 5.97. The minimum absolute atomic E-state index is 0.00246. The highest BCUT2D eigenvalue weighted by Gasteiger charge is 2.13. The fourth-order valence-electron chi connectivity index (χ4n) is 2.71. The van der Waals surface area contributed by atoms with Crippen LogP contribution in [0.3, 0.4) is 0 Å². The van der Waals surface area contributed by atoms with Crippen LogP contribution in [0.1, 0.15) is 30.9 Å². The number of nitrogens with one attached hydrogen (secondary N) is 1. The van der Waals surface area contributed by atoms with Gasteiger partial charge in [-0.15, -0.1) is 11.3 Å². The second kappa shape index (κ2) is 8.52. The van der Waals surface area contributed by atoms with Crippen LogP contribution in [-0.2, 0) is 4.79 Å². The number of aromatic nitrogens is 1. The van der Waals surface area contributed by atoms with Crippen molar-refractivity contribution in [3.05, 3.63) is 65.0 Å². The summed E-state index contributed by atoms with van der Waals surface area (Å²) in [4.78, 5) is 17.1. The second-order valence-electron chi connectivity index (χ2n) is 6.40. The molecule has 1 N–H and O–H groups in total. The maximum atomic E-state index is 12.4. The molecule has 1 amide bonds. The van der Waals surface area contributed by atoms with Gasteiger partial charge in [-0.05, 0) is 24.0 Å². The van der Waals surface area contributed by atoms with Gasteiger partial charge in [-0.2, -0.15) is 0 Å². The molecule has 0 bridgehead atoms. The third-order valence-corrected chi connectivity index (χ3v) is 6.09. The molecule has 0 fully saturated rings. The number of anilines is 1. The number of para-hydroxylation sites is 1. The molecule has 3 aromatic rings. The molecular weight excluding hydrogens is 360 g/mol. The number of carbonyl (C=O) groups excluding carboxylic acids is 1. The molecule has 134 valence electrons. The number of nitrogens with zero attached hydrogens (tertiary/aromatic N) is 1. The summed E-state index contributed by atoms with van der Waals surface area (Å²) in [7, 11) is 0. The molecule has 0 aliphatic rings. The molecule has 3 nitrogen and oxygen atoms in total. The number of thioether (sulfide) groups is 1. The number of thiazole rings is 1. The van der Waals surface area contributed by atoms with Gasteiger partial charge in [0.1, 0.15) is 0 Å². The van der Waals surface area contributed by atoms with Gasteiger partial charge < -0.3 is 5.32 Å². The van der Waals surface area contributed by atoms with E-state index in [0.717, 1.165) is 26.8 Å². The van der Waals surface area contributed by atoms with Gasteiger partial charge in [0.2, 0.25) is 5.91 Å². The highest BCUT2D eigenvalue weighted by Crippen LogP contribution is 2.30. The molecule has 0 unspecified atom stereocenters. The standard InChI is InChI=1S/C21H22N2OS2/c1-14(2)17-11-7-8-15(3)20(17)23-19(24)13-26-21-22-18(12-25-21)16-9-5-4-6-10-16/h4-12,14H,13H2,1-3H3,(H,23,24). The SMILES string of the molecule is Cc1cccc(C(C)C)c1NC(=O)CSc1nc(-c2ccccc2)cs1. The Kier molecular flexibility index (Phi) is 6.12. The van der Waals surface area contributed by atoms with E-state index >= 15 is 0 Å². The van der Waals surface area contributed by atoms with E-state index in [0.29, 0.717) is 11.7 Å². The Balaban J connectivity index is 1.63. The average molecular weight is 383 g/mol. The van der Waals surface area contributed by atoms with Gasteiger partial charge in [-0.25, -0.2) is 4.98 Å². The predicted molar refractivity (Wildman–Crippen MR) is 112 cm³/mol. The first kappa shape index (κ1) is 18.7. The van der Waals surface area contributed by atoms with Gasteiger partial charge in [0.25, 0.3) is 0 Å². The summed E-state index contributed by atoms with van der Waals surface area (Å²) >= 11 is 3.05. The number of aryl methyl sites for hydroxylation is 1. The lowest BCUT2D eigenvalue weighted by atomic mass is 9.98. The molecule has 26 heavy (non-hydrogen) atoms. The molecule has 0 atom stereocenters. The van der Waals surface area contributed by atoms with Crippen molar-refractivity contribution in [1.82, 2.24) is 4.98 Å². The highest BCUT2D eigenvalue weighted by molar-refractivity contribution is 8.01. The lowest BCUT2D eigenvalue weighted by Gasteiger charge is -2.16. The summed E-state index contributed by atoms with van der Waals surface area (Å²) in [6, 6.07) is 16.2. The zero-order chi connectivity index (χ0) is 18.5. The van der Waals surface area contributed by atoms with Gasteiger partial charge >= 0.3 is 0 Å². The minimum Gasteiger partial charge on any atom is -0.325 e. The van der Waals surface area contributed by atoms with Gasteiger partial charge in [-0.1, -0.05) is 74.1 Å². The fraction of sp³-hybridized carbons (Fsp3) is 0.238. The van der Waals surface area contributed by atoms with Gasteiger partial charge in [-0.3, -0.25) is 4.79 Å². The molecule has 3 rings (SSSR count). The third kappa shape index (κ3) is 4.54. The second-order valence-corrected chi connectivity index (χ2v) is 8.48. The number of rotatable bonds is 6. The van der Waals surface area contributed by atoms with Crippen LogP contribution in [0, 0.1) is 6.92 Å². The Morgan fingerprint density at radius 2 is 1.92 bits per heavy atom. The zero-order valence-electron chi connectivity index (χ0n) is 15.2. The van der Waals surface area contributed by atoms with E-state index in [-0.39, 0.29) is 5.91 Å². The van der Waals surface area contributed by atoms with Crippen molar-refractivity contribution >= 4 is 34.7 Å². The van der Waals surface area contributed by atoms with Crippen molar-refractivity contribution in [2.24, 2.45) is 0 Å². The van der Waals surface area contributed by atoms with Gasteiger partial charge in [0.05, 0.1) is 11.4 Å². The zero-order valence-corrected chi connectivity index (χ0v) is 16.8. The summed E-state index contributed by atoms with van der Waals surface area (Å²) < 4.78 is 0.910. The maximum absolute atomic E-state index is 12.4. The Bertz CT molecular complexity index is 888. The topological polar surface area (TPSA) is 42.0 Å². The number of amides is 1. The number of carbonyl (C=O) groups is 1. The molecule has 1 aromatic heterocycles. The Labute approximate surface area is 162 Å². The first-order valence-corrected chi connectivity index (χ1v) is 10.4. The molecule has 5 heteroatoms. The number of hydrogen-bond donors (Lipinski definition) is 1. The van der Waals surface area contributed by atoms with Crippen LogP contribution < -0.4 is 5.32 Å². The summed E-state index contributed by atoms with van der Waals surface area (Å²) in [6.07, 6.45) is 0. The molecule has 0 spiro atoms.